The molecule has 2 aliphatic carbocycles. The van der Waals surface area contributed by atoms with Crippen LogP contribution in [0, 0.1) is 23.7 Å². The predicted molar refractivity (Wildman–Crippen MR) is 231 cm³/mol. The number of carbonyl (C=O) groups excluding carboxylic acids is 4. The molecule has 2 aliphatic heterocycles. The third-order valence-corrected chi connectivity index (χ3v) is 13.0. The lowest BCUT2D eigenvalue weighted by atomic mass is 9.49. The number of benzene rings is 5. The monoisotopic (exact) mass is 835 g/mol. The van der Waals surface area contributed by atoms with Gasteiger partial charge in [-0.1, -0.05) is 59.6 Å². The SMILES string of the molecule is COc1cc(O)c([C@H]2C3=CC[C@@H]4C(=O)N(c5ccc(N=Nc6ccc(N(C)C)cc6)cc5)C(=O)[C@@H]4[C@@H]3C[C@H]3C(=O)N(c4cccc(Cl)c4)C(=O)[C@@]23c2ccccc2)c(OC)c1. The normalized spacial score (nSPS) is 24.4. The Hall–Kier alpha value is -6.79. The van der Waals surface area contributed by atoms with Crippen LogP contribution in [0.15, 0.2) is 137 Å². The second kappa shape index (κ2) is 15.3. The van der Waals surface area contributed by atoms with Crippen molar-refractivity contribution in [3.05, 3.63) is 143 Å². The van der Waals surface area contributed by atoms with Crippen LogP contribution in [0.4, 0.5) is 28.4 Å². The number of hydrogen-bond acceptors (Lipinski definition) is 10. The highest BCUT2D eigenvalue weighted by molar-refractivity contribution is 6.32. The molecule has 5 aromatic carbocycles. The molecule has 2 heterocycles. The van der Waals surface area contributed by atoms with Gasteiger partial charge < -0.3 is 19.5 Å². The average Bonchev–Trinajstić information content (AvgIpc) is 3.66. The quantitative estimate of drug-likeness (QED) is 0.0882. The molecule has 0 radical (unpaired) electrons. The van der Waals surface area contributed by atoms with Gasteiger partial charge in [0.25, 0.3) is 0 Å². The van der Waals surface area contributed by atoms with Crippen LogP contribution in [0.5, 0.6) is 17.2 Å². The molecule has 3 fully saturated rings. The van der Waals surface area contributed by atoms with Gasteiger partial charge in [0.1, 0.15) is 17.2 Å². The van der Waals surface area contributed by atoms with Gasteiger partial charge in [0, 0.05) is 48.4 Å². The number of anilines is 3. The summed E-state index contributed by atoms with van der Waals surface area (Å²) in [6.45, 7) is 0. The van der Waals surface area contributed by atoms with Crippen molar-refractivity contribution in [2.45, 2.75) is 24.2 Å². The number of carbonyl (C=O) groups is 4. The van der Waals surface area contributed by atoms with E-state index in [9.17, 15) is 14.7 Å². The van der Waals surface area contributed by atoms with E-state index in [1.165, 1.54) is 30.1 Å². The summed E-state index contributed by atoms with van der Waals surface area (Å²) >= 11 is 6.45. The highest BCUT2D eigenvalue weighted by Gasteiger charge is 2.71. The zero-order valence-electron chi connectivity index (χ0n) is 33.9. The summed E-state index contributed by atoms with van der Waals surface area (Å²) < 4.78 is 11.4. The van der Waals surface area contributed by atoms with Crippen LogP contribution in [0.2, 0.25) is 5.02 Å². The number of hydrogen-bond donors (Lipinski definition) is 1. The summed E-state index contributed by atoms with van der Waals surface area (Å²) in [5.41, 5.74) is 2.83. The summed E-state index contributed by atoms with van der Waals surface area (Å²) in [7, 11) is 6.85. The number of fused-ring (bicyclic) bond motifs is 4. The number of aromatic hydroxyl groups is 1. The number of allylic oxidation sites excluding steroid dienone is 2. The molecule has 5 aromatic rings. The van der Waals surface area contributed by atoms with Crippen LogP contribution in [0.1, 0.15) is 29.9 Å². The fourth-order valence-corrected chi connectivity index (χ4v) is 10.3. The van der Waals surface area contributed by atoms with Crippen LogP contribution in [0.25, 0.3) is 0 Å². The smallest absolute Gasteiger partial charge is 0.246 e. The molecule has 0 unspecified atom stereocenters. The number of rotatable bonds is 9. The highest BCUT2D eigenvalue weighted by Crippen LogP contribution is 2.66. The first-order valence-electron chi connectivity index (χ1n) is 20.0. The van der Waals surface area contributed by atoms with Gasteiger partial charge in [-0.2, -0.15) is 10.2 Å². The summed E-state index contributed by atoms with van der Waals surface area (Å²) in [4.78, 5) is 64.4. The Morgan fingerprint density at radius 2 is 1.43 bits per heavy atom. The molecule has 9 rings (SSSR count). The van der Waals surface area contributed by atoms with Gasteiger partial charge in [-0.15, -0.1) is 0 Å². The van der Waals surface area contributed by atoms with Gasteiger partial charge in [-0.05, 0) is 91.1 Å². The van der Waals surface area contributed by atoms with Crippen LogP contribution >= 0.6 is 11.6 Å². The average molecular weight is 836 g/mol. The molecule has 308 valence electrons. The lowest BCUT2D eigenvalue weighted by Gasteiger charge is -2.51. The zero-order chi connectivity index (χ0) is 42.7. The van der Waals surface area contributed by atoms with E-state index in [2.05, 4.69) is 10.2 Å². The van der Waals surface area contributed by atoms with E-state index in [1.807, 2.05) is 79.7 Å². The fourth-order valence-electron chi connectivity index (χ4n) is 10.1. The largest absolute Gasteiger partial charge is 0.507 e. The number of phenolic OH excluding ortho intramolecular Hbond substituents is 1. The van der Waals surface area contributed by atoms with Gasteiger partial charge in [-0.25, -0.2) is 4.90 Å². The van der Waals surface area contributed by atoms with Gasteiger partial charge in [0.05, 0.1) is 60.1 Å². The summed E-state index contributed by atoms with van der Waals surface area (Å²) in [6.07, 6.45) is 2.21. The Morgan fingerprint density at radius 1 is 0.738 bits per heavy atom. The van der Waals surface area contributed by atoms with Crippen molar-refractivity contribution in [1.82, 2.24) is 0 Å². The first kappa shape index (κ1) is 39.7. The van der Waals surface area contributed by atoms with Crippen molar-refractivity contribution < 1.29 is 33.8 Å². The summed E-state index contributed by atoms with van der Waals surface area (Å²) in [6, 6.07) is 33.2. The zero-order valence-corrected chi connectivity index (χ0v) is 34.6. The van der Waals surface area contributed by atoms with Crippen molar-refractivity contribution >= 4 is 63.7 Å². The molecule has 4 amide bonds. The van der Waals surface area contributed by atoms with Crippen LogP contribution in [-0.2, 0) is 24.6 Å². The standard InChI is InChI=1S/C48H42ClN5O7/c1-52(2)31-17-13-29(14-18-31)50-51-30-15-19-32(20-16-30)53-44(56)36-22-21-35-37(41(36)46(53)58)26-38-45(57)54(33-12-8-11-28(49)23-33)47(59)48(38,27-9-6-5-7-10-27)43(35)42-39(55)24-34(60-3)25-40(42)61-4/h5-21,23-25,36-38,41,43,55H,22,26H2,1-4H3/t36-,37+,38-,41-,43+,48+/m0/s1. The van der Waals surface area contributed by atoms with Crippen molar-refractivity contribution in [3.63, 3.8) is 0 Å². The summed E-state index contributed by atoms with van der Waals surface area (Å²) in [5, 5.41) is 21.1. The Labute approximate surface area is 357 Å². The number of halogens is 1. The number of imide groups is 2. The van der Waals surface area contributed by atoms with Crippen LogP contribution in [0.3, 0.4) is 0 Å². The van der Waals surface area contributed by atoms with Crippen LogP contribution < -0.4 is 24.2 Å². The maximum Gasteiger partial charge on any atom is 0.246 e. The number of ether oxygens (including phenoxy) is 2. The maximum atomic E-state index is 15.6. The van der Waals surface area contributed by atoms with E-state index in [-0.39, 0.29) is 35.8 Å². The third-order valence-electron chi connectivity index (χ3n) is 12.8. The summed E-state index contributed by atoms with van der Waals surface area (Å²) in [5.74, 6) is -5.67. The molecule has 13 heteroatoms. The first-order valence-corrected chi connectivity index (χ1v) is 20.4. The molecule has 0 aromatic heterocycles. The lowest BCUT2D eigenvalue weighted by molar-refractivity contribution is -0.127. The molecule has 4 aliphatic rings. The minimum atomic E-state index is -1.61. The van der Waals surface area contributed by atoms with E-state index in [1.54, 1.807) is 54.6 Å². The number of phenols is 1. The van der Waals surface area contributed by atoms with E-state index < -0.39 is 52.7 Å². The highest BCUT2D eigenvalue weighted by atomic mass is 35.5. The van der Waals surface area contributed by atoms with Crippen molar-refractivity contribution in [2.24, 2.45) is 33.9 Å². The van der Waals surface area contributed by atoms with Gasteiger partial charge in [-0.3, -0.25) is 24.1 Å². The van der Waals surface area contributed by atoms with Gasteiger partial charge in [0.15, 0.2) is 0 Å². The molecule has 61 heavy (non-hydrogen) atoms. The second-order valence-electron chi connectivity index (χ2n) is 16.0. The van der Waals surface area contributed by atoms with Crippen molar-refractivity contribution in [2.75, 3.05) is 43.0 Å². The van der Waals surface area contributed by atoms with Gasteiger partial charge in [0.2, 0.25) is 23.6 Å². The van der Waals surface area contributed by atoms with E-state index in [0.717, 1.165) is 5.69 Å². The van der Waals surface area contributed by atoms with Crippen LogP contribution in [-0.4, -0.2) is 57.1 Å². The van der Waals surface area contributed by atoms with E-state index in [0.29, 0.717) is 44.7 Å². The minimum Gasteiger partial charge on any atom is -0.507 e. The minimum absolute atomic E-state index is 0.0843. The second-order valence-corrected chi connectivity index (χ2v) is 16.4. The molecule has 12 nitrogen and oxygen atoms in total. The molecule has 1 N–H and O–H groups in total. The number of nitrogens with zero attached hydrogens (tertiary/aromatic N) is 5. The van der Waals surface area contributed by atoms with E-state index >= 15 is 9.59 Å². The molecular formula is C48H42ClN5O7. The Kier molecular flexibility index (Phi) is 9.98. The fraction of sp³-hybridized carbons (Fsp3) is 0.250. The Morgan fingerprint density at radius 3 is 2.07 bits per heavy atom. The molecular weight excluding hydrogens is 794 g/mol. The number of methoxy groups -OCH3 is 2. The van der Waals surface area contributed by atoms with Crippen molar-refractivity contribution in [1.29, 1.82) is 0 Å². The maximum absolute atomic E-state index is 15.6. The molecule has 6 atom stereocenters. The lowest BCUT2D eigenvalue weighted by Crippen LogP contribution is -2.53. The molecule has 0 bridgehead atoms. The molecule has 1 saturated carbocycles. The number of amides is 4. The Balaban J connectivity index is 1.15. The molecule has 2 saturated heterocycles. The predicted octanol–water partition coefficient (Wildman–Crippen LogP) is 8.91. The van der Waals surface area contributed by atoms with Gasteiger partial charge >= 0.3 is 0 Å². The first-order chi connectivity index (χ1) is 29.5. The van der Waals surface area contributed by atoms with Crippen molar-refractivity contribution in [3.8, 4) is 17.2 Å². The number of azo groups is 1. The van der Waals surface area contributed by atoms with E-state index in [4.69, 9.17) is 21.1 Å². The third kappa shape index (κ3) is 6.27. The Bertz CT molecular complexity index is 2650. The topological polar surface area (TPSA) is 141 Å². The molecule has 0 spiro atoms.